The number of benzene rings is 1. The van der Waals surface area contributed by atoms with Crippen LogP contribution in [0.15, 0.2) is 24.3 Å². The quantitative estimate of drug-likeness (QED) is 0.845. The standard InChI is InChI=1S/C18H27NO/c1-18(2,3)15-8-9-17(20)16(10-15)19-11-13-6-4-5-7-14(13)12-19/h4-7,15-17,20H,8-12H2,1-3H3. The molecule has 2 heteroatoms. The van der Waals surface area contributed by atoms with Crippen molar-refractivity contribution < 1.29 is 5.11 Å². The summed E-state index contributed by atoms with van der Waals surface area (Å²) in [6.45, 7) is 9.03. The van der Waals surface area contributed by atoms with Gasteiger partial charge >= 0.3 is 0 Å². The summed E-state index contributed by atoms with van der Waals surface area (Å²) in [5.41, 5.74) is 3.24. The van der Waals surface area contributed by atoms with Gasteiger partial charge in [0.2, 0.25) is 0 Å². The molecule has 1 aliphatic carbocycles. The van der Waals surface area contributed by atoms with Crippen molar-refractivity contribution in [2.75, 3.05) is 0 Å². The molecule has 1 aromatic carbocycles. The second-order valence-electron chi connectivity index (χ2n) is 7.68. The Morgan fingerprint density at radius 2 is 1.65 bits per heavy atom. The Morgan fingerprint density at radius 1 is 1.05 bits per heavy atom. The Hall–Kier alpha value is -0.860. The van der Waals surface area contributed by atoms with E-state index in [0.717, 1.165) is 31.8 Å². The van der Waals surface area contributed by atoms with Crippen LogP contribution in [-0.4, -0.2) is 22.2 Å². The first-order valence-electron chi connectivity index (χ1n) is 7.94. The Labute approximate surface area is 122 Å². The van der Waals surface area contributed by atoms with Crippen LogP contribution in [0, 0.1) is 11.3 Å². The highest BCUT2D eigenvalue weighted by Crippen LogP contribution is 2.41. The third kappa shape index (κ3) is 2.64. The van der Waals surface area contributed by atoms with Crippen molar-refractivity contribution in [1.82, 2.24) is 4.90 Å². The first-order chi connectivity index (χ1) is 9.45. The molecule has 0 spiro atoms. The molecule has 0 aromatic heterocycles. The second kappa shape index (κ2) is 5.16. The predicted octanol–water partition coefficient (Wildman–Crippen LogP) is 3.58. The van der Waals surface area contributed by atoms with Crippen LogP contribution in [0.5, 0.6) is 0 Å². The van der Waals surface area contributed by atoms with Gasteiger partial charge in [-0.2, -0.15) is 0 Å². The SMILES string of the molecule is CC(C)(C)C1CCC(O)C(N2Cc3ccccc3C2)C1. The molecule has 1 aliphatic heterocycles. The van der Waals surface area contributed by atoms with Crippen molar-refractivity contribution in [2.24, 2.45) is 11.3 Å². The Morgan fingerprint density at radius 3 is 2.20 bits per heavy atom. The van der Waals surface area contributed by atoms with Gasteiger partial charge in [0.25, 0.3) is 0 Å². The van der Waals surface area contributed by atoms with Gasteiger partial charge in [-0.15, -0.1) is 0 Å². The molecule has 20 heavy (non-hydrogen) atoms. The number of rotatable bonds is 1. The summed E-state index contributed by atoms with van der Waals surface area (Å²) in [4.78, 5) is 2.49. The molecule has 2 aliphatic rings. The lowest BCUT2D eigenvalue weighted by atomic mass is 9.70. The van der Waals surface area contributed by atoms with Crippen molar-refractivity contribution in [3.05, 3.63) is 35.4 Å². The van der Waals surface area contributed by atoms with E-state index in [-0.39, 0.29) is 6.10 Å². The molecule has 1 heterocycles. The van der Waals surface area contributed by atoms with Gasteiger partial charge in [0.1, 0.15) is 0 Å². The summed E-state index contributed by atoms with van der Waals surface area (Å²) in [6.07, 6.45) is 3.11. The fourth-order valence-electron chi connectivity index (χ4n) is 3.90. The maximum absolute atomic E-state index is 10.5. The van der Waals surface area contributed by atoms with Gasteiger partial charge in [-0.3, -0.25) is 4.90 Å². The highest BCUT2D eigenvalue weighted by Gasteiger charge is 2.39. The summed E-state index contributed by atoms with van der Waals surface area (Å²) in [6, 6.07) is 9.03. The Bertz CT molecular complexity index is 452. The molecule has 2 nitrogen and oxygen atoms in total. The van der Waals surface area contributed by atoms with Crippen LogP contribution in [0.2, 0.25) is 0 Å². The van der Waals surface area contributed by atoms with Gasteiger partial charge in [-0.1, -0.05) is 45.0 Å². The number of hydrogen-bond acceptors (Lipinski definition) is 2. The minimum atomic E-state index is -0.150. The molecule has 1 fully saturated rings. The smallest absolute Gasteiger partial charge is 0.0695 e. The van der Waals surface area contributed by atoms with Crippen LogP contribution in [0.25, 0.3) is 0 Å². The molecule has 1 aromatic rings. The second-order valence-corrected chi connectivity index (χ2v) is 7.68. The first-order valence-corrected chi connectivity index (χ1v) is 7.94. The topological polar surface area (TPSA) is 23.5 Å². The van der Waals surface area contributed by atoms with Gasteiger partial charge < -0.3 is 5.11 Å². The predicted molar refractivity (Wildman–Crippen MR) is 82.3 cm³/mol. The van der Waals surface area contributed by atoms with Gasteiger partial charge in [-0.25, -0.2) is 0 Å². The minimum Gasteiger partial charge on any atom is -0.391 e. The molecule has 3 atom stereocenters. The molecular formula is C18H27NO. The van der Waals surface area contributed by atoms with Gasteiger partial charge in [0, 0.05) is 19.1 Å². The lowest BCUT2D eigenvalue weighted by Gasteiger charge is -2.43. The van der Waals surface area contributed by atoms with Gasteiger partial charge in [0.05, 0.1) is 6.10 Å². The number of fused-ring (bicyclic) bond motifs is 1. The van der Waals surface area contributed by atoms with E-state index in [2.05, 4.69) is 49.9 Å². The molecule has 0 amide bonds. The fraction of sp³-hybridized carbons (Fsp3) is 0.667. The van der Waals surface area contributed by atoms with E-state index in [4.69, 9.17) is 0 Å². The molecule has 0 saturated heterocycles. The van der Waals surface area contributed by atoms with E-state index >= 15 is 0 Å². The summed E-state index contributed by atoms with van der Waals surface area (Å²) in [7, 11) is 0. The lowest BCUT2D eigenvalue weighted by Crippen LogP contribution is -2.47. The molecule has 3 unspecified atom stereocenters. The van der Waals surface area contributed by atoms with Gasteiger partial charge in [-0.05, 0) is 41.7 Å². The molecule has 1 saturated carbocycles. The van der Waals surface area contributed by atoms with E-state index in [1.54, 1.807) is 0 Å². The molecular weight excluding hydrogens is 246 g/mol. The van der Waals surface area contributed by atoms with E-state index in [9.17, 15) is 5.11 Å². The molecule has 110 valence electrons. The summed E-state index contributed by atoms with van der Waals surface area (Å²) < 4.78 is 0. The van der Waals surface area contributed by atoms with Crippen LogP contribution in [0.1, 0.15) is 51.2 Å². The van der Waals surface area contributed by atoms with Crippen LogP contribution < -0.4 is 0 Å². The number of aliphatic hydroxyl groups is 1. The van der Waals surface area contributed by atoms with Crippen LogP contribution in [0.4, 0.5) is 0 Å². The third-order valence-electron chi connectivity index (χ3n) is 5.34. The third-order valence-corrected chi connectivity index (χ3v) is 5.34. The minimum absolute atomic E-state index is 0.150. The summed E-state index contributed by atoms with van der Waals surface area (Å²) in [5.74, 6) is 0.722. The summed E-state index contributed by atoms with van der Waals surface area (Å²) in [5, 5.41) is 10.5. The van der Waals surface area contributed by atoms with Gasteiger partial charge in [0.15, 0.2) is 0 Å². The van der Waals surface area contributed by atoms with Crippen LogP contribution >= 0.6 is 0 Å². The van der Waals surface area contributed by atoms with E-state index in [1.807, 2.05) is 0 Å². The average Bonchev–Trinajstić information content (AvgIpc) is 2.81. The molecule has 0 radical (unpaired) electrons. The number of nitrogens with zero attached hydrogens (tertiary/aromatic N) is 1. The highest BCUT2D eigenvalue weighted by atomic mass is 16.3. The Balaban J connectivity index is 1.74. The van der Waals surface area contributed by atoms with Crippen molar-refractivity contribution in [2.45, 2.75) is 65.3 Å². The zero-order valence-electron chi connectivity index (χ0n) is 13.0. The monoisotopic (exact) mass is 273 g/mol. The average molecular weight is 273 g/mol. The zero-order valence-corrected chi connectivity index (χ0v) is 13.0. The van der Waals surface area contributed by atoms with E-state index in [0.29, 0.717) is 11.5 Å². The van der Waals surface area contributed by atoms with Crippen molar-refractivity contribution >= 4 is 0 Å². The fourth-order valence-corrected chi connectivity index (χ4v) is 3.90. The lowest BCUT2D eigenvalue weighted by molar-refractivity contribution is -0.0190. The summed E-state index contributed by atoms with van der Waals surface area (Å²) >= 11 is 0. The van der Waals surface area contributed by atoms with E-state index in [1.165, 1.54) is 17.5 Å². The van der Waals surface area contributed by atoms with Crippen molar-refractivity contribution in [3.63, 3.8) is 0 Å². The first kappa shape index (κ1) is 14.1. The molecule has 3 rings (SSSR count). The van der Waals surface area contributed by atoms with Crippen LogP contribution in [-0.2, 0) is 13.1 Å². The van der Waals surface area contributed by atoms with Crippen molar-refractivity contribution in [3.8, 4) is 0 Å². The van der Waals surface area contributed by atoms with Crippen molar-refractivity contribution in [1.29, 1.82) is 0 Å². The largest absolute Gasteiger partial charge is 0.391 e. The molecule has 0 bridgehead atoms. The number of hydrogen-bond donors (Lipinski definition) is 1. The maximum atomic E-state index is 10.5. The Kier molecular flexibility index (Phi) is 3.64. The van der Waals surface area contributed by atoms with Crippen LogP contribution in [0.3, 0.4) is 0 Å². The molecule has 1 N–H and O–H groups in total. The normalized spacial score (nSPS) is 31.3. The zero-order chi connectivity index (χ0) is 14.3. The number of aliphatic hydroxyl groups excluding tert-OH is 1. The maximum Gasteiger partial charge on any atom is 0.0695 e. The highest BCUT2D eigenvalue weighted by molar-refractivity contribution is 5.30. The van der Waals surface area contributed by atoms with E-state index < -0.39 is 0 Å².